The Balaban J connectivity index is 2.35. The van der Waals surface area contributed by atoms with Crippen LogP contribution in [0.4, 0.5) is 0 Å². The molecular weight excluding hydrogens is 172 g/mol. The molecule has 1 aliphatic rings. The maximum Gasteiger partial charge on any atom is 0.221 e. The molecule has 0 aromatic carbocycles. The number of rotatable bonds is 3. The Labute approximate surface area is 77.1 Å². The molecule has 0 bridgehead atoms. The summed E-state index contributed by atoms with van der Waals surface area (Å²) >= 11 is 0. The summed E-state index contributed by atoms with van der Waals surface area (Å²) in [6.45, 7) is 3.07. The van der Waals surface area contributed by atoms with E-state index in [4.69, 9.17) is 5.73 Å². The SMILES string of the molecule is CC(CN1CC(O)C(O)C1)C(N)=O. The molecule has 1 rings (SSSR count). The molecule has 1 heterocycles. The number of carbonyl (C=O) groups excluding carboxylic acids is 1. The third-order valence-electron chi connectivity index (χ3n) is 2.35. The van der Waals surface area contributed by atoms with Crippen molar-refractivity contribution in [3.63, 3.8) is 0 Å². The fourth-order valence-corrected chi connectivity index (χ4v) is 1.47. The Kier molecular flexibility index (Phi) is 3.24. The molecule has 1 aliphatic heterocycles. The van der Waals surface area contributed by atoms with Gasteiger partial charge in [-0.25, -0.2) is 0 Å². The van der Waals surface area contributed by atoms with Crippen LogP contribution in [0.2, 0.25) is 0 Å². The fourth-order valence-electron chi connectivity index (χ4n) is 1.47. The minimum Gasteiger partial charge on any atom is -0.389 e. The van der Waals surface area contributed by atoms with Gasteiger partial charge in [0.1, 0.15) is 0 Å². The molecule has 0 aliphatic carbocycles. The maximum atomic E-state index is 10.7. The van der Waals surface area contributed by atoms with Crippen LogP contribution in [0, 0.1) is 5.92 Å². The number of β-amino-alcohol motifs (C(OH)–C–C–N with tert-alkyl or cyclic N) is 2. The zero-order chi connectivity index (χ0) is 10.0. The molecule has 5 heteroatoms. The average Bonchev–Trinajstić information content (AvgIpc) is 2.31. The Bertz CT molecular complexity index is 188. The molecule has 0 aromatic rings. The number of nitrogens with two attached hydrogens (primary N) is 1. The van der Waals surface area contributed by atoms with Crippen molar-refractivity contribution in [1.29, 1.82) is 0 Å². The Morgan fingerprint density at radius 1 is 1.54 bits per heavy atom. The topological polar surface area (TPSA) is 86.8 Å². The van der Waals surface area contributed by atoms with Gasteiger partial charge in [0, 0.05) is 25.6 Å². The third-order valence-corrected chi connectivity index (χ3v) is 2.35. The predicted octanol–water partition coefficient (Wildman–Crippen LogP) is -1.85. The van der Waals surface area contributed by atoms with Crippen LogP contribution in [0.15, 0.2) is 0 Å². The van der Waals surface area contributed by atoms with E-state index in [9.17, 15) is 15.0 Å². The van der Waals surface area contributed by atoms with E-state index in [2.05, 4.69) is 0 Å². The molecule has 1 amide bonds. The lowest BCUT2D eigenvalue weighted by atomic mass is 10.1. The predicted molar refractivity (Wildman–Crippen MR) is 46.8 cm³/mol. The van der Waals surface area contributed by atoms with E-state index >= 15 is 0 Å². The van der Waals surface area contributed by atoms with E-state index in [-0.39, 0.29) is 11.8 Å². The van der Waals surface area contributed by atoms with E-state index in [0.29, 0.717) is 19.6 Å². The van der Waals surface area contributed by atoms with Crippen molar-refractivity contribution in [2.45, 2.75) is 19.1 Å². The van der Waals surface area contributed by atoms with Crippen molar-refractivity contribution in [3.8, 4) is 0 Å². The first kappa shape index (κ1) is 10.4. The van der Waals surface area contributed by atoms with E-state index in [1.807, 2.05) is 4.90 Å². The second-order valence-corrected chi connectivity index (χ2v) is 3.66. The normalized spacial score (nSPS) is 31.9. The second-order valence-electron chi connectivity index (χ2n) is 3.66. The number of hydrogen-bond acceptors (Lipinski definition) is 4. The van der Waals surface area contributed by atoms with Gasteiger partial charge < -0.3 is 15.9 Å². The summed E-state index contributed by atoms with van der Waals surface area (Å²) in [6.07, 6.45) is -1.39. The maximum absolute atomic E-state index is 10.7. The third kappa shape index (κ3) is 2.65. The lowest BCUT2D eigenvalue weighted by Crippen LogP contribution is -2.34. The number of aliphatic hydroxyl groups is 2. The standard InChI is InChI=1S/C8H16N2O3/c1-5(8(9)13)2-10-3-6(11)7(12)4-10/h5-7,11-12H,2-4H2,1H3,(H2,9,13). The molecule has 0 radical (unpaired) electrons. The van der Waals surface area contributed by atoms with Gasteiger partial charge >= 0.3 is 0 Å². The number of carbonyl (C=O) groups is 1. The number of likely N-dealkylation sites (tertiary alicyclic amines) is 1. The van der Waals surface area contributed by atoms with Crippen LogP contribution >= 0.6 is 0 Å². The summed E-state index contributed by atoms with van der Waals surface area (Å²) in [5.74, 6) is -0.589. The number of hydrogen-bond donors (Lipinski definition) is 3. The molecule has 0 saturated carbocycles. The Morgan fingerprint density at radius 3 is 2.38 bits per heavy atom. The van der Waals surface area contributed by atoms with Crippen LogP contribution in [0.5, 0.6) is 0 Å². The van der Waals surface area contributed by atoms with Crippen molar-refractivity contribution >= 4 is 5.91 Å². The zero-order valence-electron chi connectivity index (χ0n) is 7.68. The Hall–Kier alpha value is -0.650. The van der Waals surface area contributed by atoms with Crippen LogP contribution in [0.3, 0.4) is 0 Å². The van der Waals surface area contributed by atoms with Crippen molar-refractivity contribution in [3.05, 3.63) is 0 Å². The first-order valence-electron chi connectivity index (χ1n) is 4.38. The van der Waals surface area contributed by atoms with E-state index in [1.165, 1.54) is 0 Å². The van der Waals surface area contributed by atoms with Crippen LogP contribution in [-0.2, 0) is 4.79 Å². The summed E-state index contributed by atoms with van der Waals surface area (Å²) in [7, 11) is 0. The van der Waals surface area contributed by atoms with Gasteiger partial charge in [0.2, 0.25) is 5.91 Å². The molecule has 3 unspecified atom stereocenters. The smallest absolute Gasteiger partial charge is 0.221 e. The van der Waals surface area contributed by atoms with Crippen molar-refractivity contribution in [2.75, 3.05) is 19.6 Å². The molecular formula is C8H16N2O3. The minimum absolute atomic E-state index is 0.238. The van der Waals surface area contributed by atoms with Gasteiger partial charge in [0.15, 0.2) is 0 Å². The number of aliphatic hydroxyl groups excluding tert-OH is 2. The summed E-state index contributed by atoms with van der Waals surface area (Å²) in [4.78, 5) is 12.6. The molecule has 1 fully saturated rings. The van der Waals surface area contributed by atoms with E-state index in [0.717, 1.165) is 0 Å². The van der Waals surface area contributed by atoms with Gasteiger partial charge in [-0.2, -0.15) is 0 Å². The second kappa shape index (κ2) is 4.04. The monoisotopic (exact) mass is 188 g/mol. The number of primary amides is 1. The average molecular weight is 188 g/mol. The summed E-state index contributed by atoms with van der Waals surface area (Å²) in [5, 5.41) is 18.4. The lowest BCUT2D eigenvalue weighted by Gasteiger charge is -2.17. The molecule has 3 atom stereocenters. The van der Waals surface area contributed by atoms with Crippen LogP contribution in [0.25, 0.3) is 0 Å². The van der Waals surface area contributed by atoms with Crippen molar-refractivity contribution in [1.82, 2.24) is 4.90 Å². The highest BCUT2D eigenvalue weighted by molar-refractivity contribution is 5.76. The largest absolute Gasteiger partial charge is 0.389 e. The Morgan fingerprint density at radius 2 is 2.00 bits per heavy atom. The van der Waals surface area contributed by atoms with Crippen LogP contribution in [-0.4, -0.2) is 52.9 Å². The summed E-state index contributed by atoms with van der Waals surface area (Å²) in [6, 6.07) is 0. The first-order chi connectivity index (χ1) is 6.00. The van der Waals surface area contributed by atoms with Gasteiger partial charge in [-0.15, -0.1) is 0 Å². The molecule has 4 N–H and O–H groups in total. The van der Waals surface area contributed by atoms with E-state index in [1.54, 1.807) is 6.92 Å². The highest BCUT2D eigenvalue weighted by atomic mass is 16.3. The number of amides is 1. The molecule has 0 aromatic heterocycles. The van der Waals surface area contributed by atoms with Crippen molar-refractivity contribution < 1.29 is 15.0 Å². The molecule has 13 heavy (non-hydrogen) atoms. The van der Waals surface area contributed by atoms with Crippen LogP contribution < -0.4 is 5.73 Å². The zero-order valence-corrected chi connectivity index (χ0v) is 7.68. The van der Waals surface area contributed by atoms with Crippen molar-refractivity contribution in [2.24, 2.45) is 11.7 Å². The van der Waals surface area contributed by atoms with Gasteiger partial charge in [-0.1, -0.05) is 6.92 Å². The molecule has 1 saturated heterocycles. The summed E-state index contributed by atoms with van der Waals surface area (Å²) in [5.41, 5.74) is 5.09. The van der Waals surface area contributed by atoms with Crippen LogP contribution in [0.1, 0.15) is 6.92 Å². The van der Waals surface area contributed by atoms with Gasteiger partial charge in [0.05, 0.1) is 12.2 Å². The van der Waals surface area contributed by atoms with E-state index < -0.39 is 12.2 Å². The first-order valence-corrected chi connectivity index (χ1v) is 4.38. The van der Waals surface area contributed by atoms with Gasteiger partial charge in [-0.3, -0.25) is 9.69 Å². The minimum atomic E-state index is -0.694. The summed E-state index contributed by atoms with van der Waals surface area (Å²) < 4.78 is 0. The molecule has 0 spiro atoms. The number of nitrogens with zero attached hydrogens (tertiary/aromatic N) is 1. The highest BCUT2D eigenvalue weighted by Gasteiger charge is 2.30. The fraction of sp³-hybridized carbons (Fsp3) is 0.875. The molecule has 5 nitrogen and oxygen atoms in total. The highest BCUT2D eigenvalue weighted by Crippen LogP contribution is 2.11. The quantitative estimate of drug-likeness (QED) is 0.485. The lowest BCUT2D eigenvalue weighted by molar-refractivity contribution is -0.121. The molecule has 76 valence electrons. The van der Waals surface area contributed by atoms with Gasteiger partial charge in [-0.05, 0) is 0 Å². The van der Waals surface area contributed by atoms with Gasteiger partial charge in [0.25, 0.3) is 0 Å².